The Morgan fingerprint density at radius 3 is 2.89 bits per heavy atom. The van der Waals surface area contributed by atoms with Crippen molar-refractivity contribution in [3.8, 4) is 0 Å². The van der Waals surface area contributed by atoms with Gasteiger partial charge in [0.15, 0.2) is 0 Å². The number of benzene rings is 1. The smallest absolute Gasteiger partial charge is 0.253 e. The van der Waals surface area contributed by atoms with E-state index >= 15 is 0 Å². The Balaban J connectivity index is 2.04. The first-order valence-corrected chi connectivity index (χ1v) is 5.70. The normalized spacial score (nSPS) is 10.1. The summed E-state index contributed by atoms with van der Waals surface area (Å²) in [6.07, 6.45) is 3.42. The maximum Gasteiger partial charge on any atom is 0.253 e. The molecule has 4 heteroatoms. The van der Waals surface area contributed by atoms with Crippen molar-refractivity contribution in [2.45, 2.75) is 13.5 Å². The molecule has 1 aromatic heterocycles. The second kappa shape index (κ2) is 5.31. The molecule has 0 atom stereocenters. The largest absolute Gasteiger partial charge is 0.398 e. The van der Waals surface area contributed by atoms with E-state index in [1.807, 2.05) is 25.1 Å². The van der Waals surface area contributed by atoms with Crippen LogP contribution in [-0.4, -0.2) is 10.9 Å². The number of carbonyl (C=O) groups is 1. The fraction of sp³-hybridized carbons (Fsp3) is 0.143. The minimum absolute atomic E-state index is 0.170. The van der Waals surface area contributed by atoms with E-state index in [4.69, 9.17) is 5.73 Å². The maximum absolute atomic E-state index is 11.9. The number of amides is 1. The Hall–Kier alpha value is -2.36. The van der Waals surface area contributed by atoms with Gasteiger partial charge in [-0.1, -0.05) is 12.1 Å². The van der Waals surface area contributed by atoms with Gasteiger partial charge >= 0.3 is 0 Å². The molecule has 1 aromatic carbocycles. The zero-order valence-corrected chi connectivity index (χ0v) is 10.2. The molecule has 18 heavy (non-hydrogen) atoms. The molecule has 0 aliphatic carbocycles. The van der Waals surface area contributed by atoms with Crippen molar-refractivity contribution < 1.29 is 4.79 Å². The van der Waals surface area contributed by atoms with Crippen molar-refractivity contribution >= 4 is 11.6 Å². The molecule has 3 N–H and O–H groups in total. The lowest BCUT2D eigenvalue weighted by Crippen LogP contribution is -2.23. The van der Waals surface area contributed by atoms with Crippen LogP contribution in [0.15, 0.2) is 42.7 Å². The molecule has 0 unspecified atom stereocenters. The summed E-state index contributed by atoms with van der Waals surface area (Å²) in [5.41, 5.74) is 8.81. The summed E-state index contributed by atoms with van der Waals surface area (Å²) in [5, 5.41) is 2.82. The molecule has 4 nitrogen and oxygen atoms in total. The fourth-order valence-electron chi connectivity index (χ4n) is 1.67. The number of nitrogens with zero attached hydrogens (tertiary/aromatic N) is 1. The number of nitrogen functional groups attached to an aromatic ring is 1. The highest BCUT2D eigenvalue weighted by Crippen LogP contribution is 2.13. The van der Waals surface area contributed by atoms with E-state index in [1.165, 1.54) is 0 Å². The molecule has 1 heterocycles. The average molecular weight is 241 g/mol. The first-order valence-electron chi connectivity index (χ1n) is 5.70. The van der Waals surface area contributed by atoms with Gasteiger partial charge in [-0.3, -0.25) is 9.78 Å². The third-order valence-corrected chi connectivity index (χ3v) is 2.63. The van der Waals surface area contributed by atoms with Crippen LogP contribution >= 0.6 is 0 Å². The maximum atomic E-state index is 11.9. The number of aryl methyl sites for hydroxylation is 1. The van der Waals surface area contributed by atoms with Gasteiger partial charge in [0, 0.05) is 24.6 Å². The molecule has 0 aliphatic heterocycles. The predicted octanol–water partition coefficient (Wildman–Crippen LogP) is 1.90. The lowest BCUT2D eigenvalue weighted by molar-refractivity contribution is 0.0952. The third kappa shape index (κ3) is 2.85. The van der Waals surface area contributed by atoms with Crippen LogP contribution in [0, 0.1) is 6.92 Å². The third-order valence-electron chi connectivity index (χ3n) is 2.63. The number of carbonyl (C=O) groups excluding carboxylic acids is 1. The van der Waals surface area contributed by atoms with Crippen LogP contribution in [0.3, 0.4) is 0 Å². The molecular weight excluding hydrogens is 226 g/mol. The van der Waals surface area contributed by atoms with Crippen LogP contribution in [0.25, 0.3) is 0 Å². The molecule has 0 fully saturated rings. The van der Waals surface area contributed by atoms with Crippen molar-refractivity contribution in [3.63, 3.8) is 0 Å². The summed E-state index contributed by atoms with van der Waals surface area (Å²) in [7, 11) is 0. The first-order chi connectivity index (χ1) is 8.66. The Bertz CT molecular complexity index is 552. The van der Waals surface area contributed by atoms with E-state index in [9.17, 15) is 4.79 Å². The van der Waals surface area contributed by atoms with E-state index < -0.39 is 0 Å². The Morgan fingerprint density at radius 2 is 2.22 bits per heavy atom. The molecule has 0 spiro atoms. The quantitative estimate of drug-likeness (QED) is 0.806. The van der Waals surface area contributed by atoms with E-state index in [2.05, 4.69) is 10.3 Å². The van der Waals surface area contributed by atoms with Crippen molar-refractivity contribution in [2.75, 3.05) is 5.73 Å². The molecule has 1 amide bonds. The summed E-state index contributed by atoms with van der Waals surface area (Å²) in [5.74, 6) is -0.170. The molecule has 0 saturated carbocycles. The predicted molar refractivity (Wildman–Crippen MR) is 71.0 cm³/mol. The number of nitrogens with two attached hydrogens (primary N) is 1. The highest BCUT2D eigenvalue weighted by atomic mass is 16.1. The van der Waals surface area contributed by atoms with Gasteiger partial charge in [-0.05, 0) is 36.2 Å². The highest BCUT2D eigenvalue weighted by Gasteiger charge is 2.08. The molecule has 0 aliphatic rings. The van der Waals surface area contributed by atoms with Crippen LogP contribution < -0.4 is 11.1 Å². The van der Waals surface area contributed by atoms with Gasteiger partial charge in [-0.25, -0.2) is 0 Å². The van der Waals surface area contributed by atoms with E-state index in [-0.39, 0.29) is 5.91 Å². The van der Waals surface area contributed by atoms with Crippen molar-refractivity contribution in [3.05, 3.63) is 59.4 Å². The standard InChI is InChI=1S/C14H15N3O/c1-10-4-5-12(13(15)7-10)14(18)17-9-11-3-2-6-16-8-11/h2-8H,9,15H2,1H3,(H,17,18). The number of aromatic nitrogens is 1. The van der Waals surface area contributed by atoms with Crippen LogP contribution in [0.4, 0.5) is 5.69 Å². The number of pyridine rings is 1. The second-order valence-electron chi connectivity index (χ2n) is 4.13. The Kier molecular flexibility index (Phi) is 3.57. The average Bonchev–Trinajstić information content (AvgIpc) is 2.37. The minimum atomic E-state index is -0.170. The summed E-state index contributed by atoms with van der Waals surface area (Å²) in [6, 6.07) is 9.14. The van der Waals surface area contributed by atoms with Crippen molar-refractivity contribution in [1.29, 1.82) is 0 Å². The fourth-order valence-corrected chi connectivity index (χ4v) is 1.67. The Labute approximate surface area is 106 Å². The lowest BCUT2D eigenvalue weighted by atomic mass is 10.1. The van der Waals surface area contributed by atoms with Crippen LogP contribution in [0.1, 0.15) is 21.5 Å². The van der Waals surface area contributed by atoms with Gasteiger partial charge in [0.05, 0.1) is 5.56 Å². The SMILES string of the molecule is Cc1ccc(C(=O)NCc2cccnc2)c(N)c1. The molecule has 0 bridgehead atoms. The zero-order chi connectivity index (χ0) is 13.0. The Morgan fingerprint density at radius 1 is 1.39 bits per heavy atom. The number of hydrogen-bond acceptors (Lipinski definition) is 3. The number of nitrogens with one attached hydrogen (secondary N) is 1. The summed E-state index contributed by atoms with van der Waals surface area (Å²) in [6.45, 7) is 2.38. The number of hydrogen-bond donors (Lipinski definition) is 2. The molecule has 2 aromatic rings. The van der Waals surface area contributed by atoms with Gasteiger partial charge in [-0.2, -0.15) is 0 Å². The monoisotopic (exact) mass is 241 g/mol. The van der Waals surface area contributed by atoms with Crippen molar-refractivity contribution in [2.24, 2.45) is 0 Å². The van der Waals surface area contributed by atoms with E-state index in [0.29, 0.717) is 17.8 Å². The van der Waals surface area contributed by atoms with Gasteiger partial charge < -0.3 is 11.1 Å². The van der Waals surface area contributed by atoms with Crippen LogP contribution in [0.5, 0.6) is 0 Å². The van der Waals surface area contributed by atoms with Crippen molar-refractivity contribution in [1.82, 2.24) is 10.3 Å². The van der Waals surface area contributed by atoms with Gasteiger partial charge in [0.1, 0.15) is 0 Å². The topological polar surface area (TPSA) is 68.0 Å². The van der Waals surface area contributed by atoms with E-state index in [1.54, 1.807) is 24.5 Å². The number of anilines is 1. The van der Waals surface area contributed by atoms with Gasteiger partial charge in [0.2, 0.25) is 0 Å². The molecule has 0 radical (unpaired) electrons. The molecule has 0 saturated heterocycles. The summed E-state index contributed by atoms with van der Waals surface area (Å²) < 4.78 is 0. The lowest BCUT2D eigenvalue weighted by Gasteiger charge is -2.08. The molecular formula is C14H15N3O. The van der Waals surface area contributed by atoms with Gasteiger partial charge in [-0.15, -0.1) is 0 Å². The minimum Gasteiger partial charge on any atom is -0.398 e. The van der Waals surface area contributed by atoms with Crippen LogP contribution in [-0.2, 0) is 6.54 Å². The summed E-state index contributed by atoms with van der Waals surface area (Å²) in [4.78, 5) is 15.9. The molecule has 92 valence electrons. The second-order valence-corrected chi connectivity index (χ2v) is 4.13. The highest BCUT2D eigenvalue weighted by molar-refractivity contribution is 5.99. The summed E-state index contributed by atoms with van der Waals surface area (Å²) >= 11 is 0. The van der Waals surface area contributed by atoms with E-state index in [0.717, 1.165) is 11.1 Å². The van der Waals surface area contributed by atoms with Gasteiger partial charge in [0.25, 0.3) is 5.91 Å². The zero-order valence-electron chi connectivity index (χ0n) is 10.2. The first kappa shape index (κ1) is 12.1. The number of rotatable bonds is 3. The molecule has 2 rings (SSSR count). The van der Waals surface area contributed by atoms with Crippen LogP contribution in [0.2, 0.25) is 0 Å².